The van der Waals surface area contributed by atoms with Gasteiger partial charge in [0.2, 0.25) is 5.91 Å². The monoisotopic (exact) mass is 321 g/mol. The highest BCUT2D eigenvalue weighted by Crippen LogP contribution is 2.23. The molecule has 0 aliphatic heterocycles. The Morgan fingerprint density at radius 1 is 1.32 bits per heavy atom. The molecule has 0 bridgehead atoms. The van der Waals surface area contributed by atoms with E-state index < -0.39 is 0 Å². The van der Waals surface area contributed by atoms with E-state index in [9.17, 15) is 14.0 Å². The van der Waals surface area contributed by atoms with Crippen molar-refractivity contribution in [3.63, 3.8) is 0 Å². The Morgan fingerprint density at radius 3 is 2.55 bits per heavy atom. The summed E-state index contributed by atoms with van der Waals surface area (Å²) in [6.07, 6.45) is 0. The predicted molar refractivity (Wildman–Crippen MR) is 83.3 cm³/mol. The van der Waals surface area contributed by atoms with Gasteiger partial charge in [0.1, 0.15) is 11.5 Å². The maximum absolute atomic E-state index is 13.0. The summed E-state index contributed by atoms with van der Waals surface area (Å²) in [5.74, 6) is -0.810. The van der Waals surface area contributed by atoms with E-state index in [1.807, 2.05) is 6.92 Å². The molecule has 0 saturated carbocycles. The molecule has 1 heterocycles. The van der Waals surface area contributed by atoms with Crippen molar-refractivity contribution in [3.05, 3.63) is 46.7 Å². The first kappa shape index (κ1) is 16.1. The summed E-state index contributed by atoms with van der Waals surface area (Å²) in [7, 11) is 1.66. The molecule has 1 N–H and O–H groups in total. The quantitative estimate of drug-likeness (QED) is 0.941. The van der Waals surface area contributed by atoms with Crippen molar-refractivity contribution in [2.24, 2.45) is 0 Å². The van der Waals surface area contributed by atoms with Gasteiger partial charge in [-0.3, -0.25) is 9.59 Å². The van der Waals surface area contributed by atoms with Gasteiger partial charge in [-0.2, -0.15) is 0 Å². The number of carbonyl (C=O) groups excluding carboxylic acids is 2. The zero-order valence-electron chi connectivity index (χ0n) is 12.5. The number of aromatic nitrogens is 1. The first-order valence-corrected chi connectivity index (χ1v) is 7.52. The second-order valence-electron chi connectivity index (χ2n) is 4.86. The van der Waals surface area contributed by atoms with E-state index in [2.05, 4.69) is 10.3 Å². The highest BCUT2D eigenvalue weighted by Gasteiger charge is 2.21. The Labute approximate surface area is 131 Å². The lowest BCUT2D eigenvalue weighted by atomic mass is 10.1. The molecule has 0 radical (unpaired) electrons. The van der Waals surface area contributed by atoms with Crippen LogP contribution in [0.3, 0.4) is 0 Å². The largest absolute Gasteiger partial charge is 0.334 e. The molecule has 0 fully saturated rings. The van der Waals surface area contributed by atoms with Gasteiger partial charge in [0.15, 0.2) is 5.13 Å². The van der Waals surface area contributed by atoms with E-state index in [1.165, 1.54) is 35.3 Å². The fourth-order valence-corrected chi connectivity index (χ4v) is 2.63. The fourth-order valence-electron chi connectivity index (χ4n) is 1.90. The smallest absolute Gasteiger partial charge is 0.273 e. The number of nitrogens with zero attached hydrogens (tertiary/aromatic N) is 2. The summed E-state index contributed by atoms with van der Waals surface area (Å²) < 4.78 is 13.0. The fraction of sp³-hybridized carbons (Fsp3) is 0.267. The molecule has 0 aliphatic carbocycles. The molecule has 7 heteroatoms. The van der Waals surface area contributed by atoms with Gasteiger partial charge in [0.25, 0.3) is 5.91 Å². The predicted octanol–water partition coefficient (Wildman–Crippen LogP) is 3.07. The van der Waals surface area contributed by atoms with Crippen LogP contribution in [0.4, 0.5) is 9.52 Å². The van der Waals surface area contributed by atoms with Crippen molar-refractivity contribution in [3.8, 4) is 0 Å². The van der Waals surface area contributed by atoms with Gasteiger partial charge < -0.3 is 10.2 Å². The lowest BCUT2D eigenvalue weighted by Crippen LogP contribution is -2.30. The van der Waals surface area contributed by atoms with E-state index in [0.29, 0.717) is 5.13 Å². The lowest BCUT2D eigenvalue weighted by Gasteiger charge is -2.24. The molecule has 0 aliphatic rings. The molecular weight excluding hydrogens is 305 g/mol. The number of nitrogens with one attached hydrogen (secondary N) is 1. The van der Waals surface area contributed by atoms with Gasteiger partial charge in [0, 0.05) is 19.4 Å². The number of thiazole rings is 1. The molecule has 1 aromatic carbocycles. The summed E-state index contributed by atoms with van der Waals surface area (Å²) in [4.78, 5) is 29.0. The topological polar surface area (TPSA) is 62.3 Å². The van der Waals surface area contributed by atoms with E-state index in [0.717, 1.165) is 5.56 Å². The van der Waals surface area contributed by atoms with Crippen LogP contribution in [0.1, 0.15) is 35.9 Å². The zero-order valence-corrected chi connectivity index (χ0v) is 13.3. The Balaban J connectivity index is 2.12. The summed E-state index contributed by atoms with van der Waals surface area (Å²) in [6.45, 7) is 3.23. The molecule has 2 rings (SSSR count). The molecule has 2 amide bonds. The first-order valence-electron chi connectivity index (χ1n) is 6.64. The van der Waals surface area contributed by atoms with Crippen LogP contribution in [0, 0.1) is 5.82 Å². The van der Waals surface area contributed by atoms with Gasteiger partial charge in [-0.15, -0.1) is 11.3 Å². The van der Waals surface area contributed by atoms with Crippen LogP contribution in [-0.2, 0) is 4.79 Å². The summed E-state index contributed by atoms with van der Waals surface area (Å²) in [5.41, 5.74) is 1.10. The third kappa shape index (κ3) is 3.67. The minimum atomic E-state index is -0.315. The molecule has 1 aromatic heterocycles. The molecule has 0 saturated heterocycles. The van der Waals surface area contributed by atoms with Crippen LogP contribution in [0.25, 0.3) is 0 Å². The van der Waals surface area contributed by atoms with Crippen LogP contribution in [0.15, 0.2) is 29.6 Å². The van der Waals surface area contributed by atoms with Crippen LogP contribution in [0.5, 0.6) is 0 Å². The number of halogens is 1. The molecule has 116 valence electrons. The maximum atomic E-state index is 13.0. The number of benzene rings is 1. The van der Waals surface area contributed by atoms with Gasteiger partial charge in [-0.1, -0.05) is 12.1 Å². The minimum Gasteiger partial charge on any atom is -0.334 e. The molecule has 0 spiro atoms. The van der Waals surface area contributed by atoms with Crippen LogP contribution in [0.2, 0.25) is 0 Å². The third-order valence-electron chi connectivity index (χ3n) is 3.26. The highest BCUT2D eigenvalue weighted by atomic mass is 32.1. The number of rotatable bonds is 4. The zero-order chi connectivity index (χ0) is 16.3. The Morgan fingerprint density at radius 2 is 1.95 bits per heavy atom. The summed E-state index contributed by atoms with van der Waals surface area (Å²) in [5, 5.41) is 4.53. The SMILES string of the molecule is CC(=O)Nc1nc(C(=O)N(C)C(C)c2ccc(F)cc2)cs1. The molecule has 5 nitrogen and oxygen atoms in total. The third-order valence-corrected chi connectivity index (χ3v) is 4.02. The van der Waals surface area contributed by atoms with E-state index >= 15 is 0 Å². The highest BCUT2D eigenvalue weighted by molar-refractivity contribution is 7.14. The van der Waals surface area contributed by atoms with Crippen LogP contribution >= 0.6 is 11.3 Å². The Hall–Kier alpha value is -2.28. The van der Waals surface area contributed by atoms with Gasteiger partial charge in [0.05, 0.1) is 6.04 Å². The lowest BCUT2D eigenvalue weighted by molar-refractivity contribution is -0.114. The average Bonchev–Trinajstić information content (AvgIpc) is 2.93. The summed E-state index contributed by atoms with van der Waals surface area (Å²) >= 11 is 1.19. The molecule has 1 unspecified atom stereocenters. The van der Waals surface area contributed by atoms with E-state index in [-0.39, 0.29) is 29.4 Å². The second-order valence-corrected chi connectivity index (χ2v) is 5.72. The first-order chi connectivity index (χ1) is 10.4. The average molecular weight is 321 g/mol. The van der Waals surface area contributed by atoms with Gasteiger partial charge in [-0.25, -0.2) is 9.37 Å². The molecular formula is C15H16FN3O2S. The molecule has 1 atom stereocenters. The molecule has 2 aromatic rings. The second kappa shape index (κ2) is 6.65. The number of anilines is 1. The number of amides is 2. The van der Waals surface area contributed by atoms with Crippen molar-refractivity contribution in [1.29, 1.82) is 0 Å². The number of carbonyl (C=O) groups is 2. The van der Waals surface area contributed by atoms with Crippen LogP contribution in [-0.4, -0.2) is 28.7 Å². The van der Waals surface area contributed by atoms with Gasteiger partial charge >= 0.3 is 0 Å². The Kier molecular flexibility index (Phi) is 4.87. The van der Waals surface area contributed by atoms with Crippen molar-refractivity contribution >= 4 is 28.3 Å². The standard InChI is InChI=1S/C15H16FN3O2S/c1-9(11-4-6-12(16)7-5-11)19(3)14(21)13-8-22-15(18-13)17-10(2)20/h4-9H,1-3H3,(H,17,18,20). The Bertz CT molecular complexity index is 684. The van der Waals surface area contributed by atoms with E-state index in [1.54, 1.807) is 24.6 Å². The van der Waals surface area contributed by atoms with Crippen LogP contribution < -0.4 is 5.32 Å². The summed E-state index contributed by atoms with van der Waals surface area (Å²) in [6, 6.07) is 5.80. The van der Waals surface area contributed by atoms with Crippen molar-refractivity contribution in [1.82, 2.24) is 9.88 Å². The number of hydrogen-bond donors (Lipinski definition) is 1. The molecule has 22 heavy (non-hydrogen) atoms. The normalized spacial score (nSPS) is 11.8. The van der Waals surface area contributed by atoms with E-state index in [4.69, 9.17) is 0 Å². The van der Waals surface area contributed by atoms with Crippen molar-refractivity contribution < 1.29 is 14.0 Å². The van der Waals surface area contributed by atoms with Crippen molar-refractivity contribution in [2.45, 2.75) is 19.9 Å². The van der Waals surface area contributed by atoms with Gasteiger partial charge in [-0.05, 0) is 24.6 Å². The minimum absolute atomic E-state index is 0.223. The maximum Gasteiger partial charge on any atom is 0.273 e. The van der Waals surface area contributed by atoms with Crippen molar-refractivity contribution in [2.75, 3.05) is 12.4 Å². The number of hydrogen-bond acceptors (Lipinski definition) is 4.